The normalized spacial score (nSPS) is 13.1. The highest BCUT2D eigenvalue weighted by Gasteiger charge is 2.07. The first-order valence-electron chi connectivity index (χ1n) is 7.46. The van der Waals surface area contributed by atoms with E-state index in [4.69, 9.17) is 18.9 Å². The minimum Gasteiger partial charge on any atom is -0.356 e. The summed E-state index contributed by atoms with van der Waals surface area (Å²) >= 11 is 0. The van der Waals surface area contributed by atoms with Crippen molar-refractivity contribution < 1.29 is 18.9 Å². The van der Waals surface area contributed by atoms with Gasteiger partial charge in [-0.25, -0.2) is 0 Å². The van der Waals surface area contributed by atoms with Crippen molar-refractivity contribution in [2.45, 2.75) is 19.5 Å². The second kappa shape index (κ2) is 15.6. The van der Waals surface area contributed by atoms with Crippen molar-refractivity contribution in [1.29, 1.82) is 0 Å². The molecular weight excluding hydrogens is 308 g/mol. The van der Waals surface area contributed by atoms with E-state index in [2.05, 4.69) is 11.8 Å². The Balaban J connectivity index is 3.62. The lowest BCUT2D eigenvalue weighted by molar-refractivity contribution is -0.0848. The maximum atomic E-state index is 5.20. The largest absolute Gasteiger partial charge is 0.356 e. The smallest absolute Gasteiger partial charge is 0.160 e. The highest BCUT2D eigenvalue weighted by atomic mass is 31.1. The van der Waals surface area contributed by atoms with Gasteiger partial charge in [-0.05, 0) is 18.9 Å². The van der Waals surface area contributed by atoms with Crippen molar-refractivity contribution in [3.8, 4) is 0 Å². The summed E-state index contributed by atoms with van der Waals surface area (Å²) in [6.07, 6.45) is 4.35. The van der Waals surface area contributed by atoms with E-state index in [1.165, 1.54) is 12.3 Å². The molecule has 0 radical (unpaired) electrons. The number of hydrogen-bond donors (Lipinski definition) is 0. The molecule has 0 aromatic carbocycles. The SMILES string of the molecule is CCN(CCPCC(OC)OC)CCPCC(OC)OC. The quantitative estimate of drug-likeness (QED) is 0.258. The molecule has 0 N–H and O–H groups in total. The minimum absolute atomic E-state index is 0.0417. The highest BCUT2D eigenvalue weighted by molar-refractivity contribution is 7.38. The van der Waals surface area contributed by atoms with Crippen molar-refractivity contribution in [2.24, 2.45) is 0 Å². The molecule has 0 saturated carbocycles. The fourth-order valence-electron chi connectivity index (χ4n) is 1.87. The summed E-state index contributed by atoms with van der Waals surface area (Å²) < 4.78 is 20.8. The van der Waals surface area contributed by atoms with E-state index in [-0.39, 0.29) is 12.6 Å². The Morgan fingerprint density at radius 2 is 1.14 bits per heavy atom. The first kappa shape index (κ1) is 21.7. The van der Waals surface area contributed by atoms with Gasteiger partial charge in [0, 0.05) is 53.9 Å². The van der Waals surface area contributed by atoms with E-state index in [0.717, 1.165) is 49.1 Å². The molecule has 21 heavy (non-hydrogen) atoms. The van der Waals surface area contributed by atoms with E-state index in [0.29, 0.717) is 0 Å². The van der Waals surface area contributed by atoms with Gasteiger partial charge < -0.3 is 23.8 Å². The lowest BCUT2D eigenvalue weighted by atomic mass is 10.5. The van der Waals surface area contributed by atoms with Gasteiger partial charge in [0.1, 0.15) is 0 Å². The van der Waals surface area contributed by atoms with Crippen LogP contribution in [0.1, 0.15) is 6.92 Å². The lowest BCUT2D eigenvalue weighted by Gasteiger charge is -2.21. The lowest BCUT2D eigenvalue weighted by Crippen LogP contribution is -2.28. The van der Waals surface area contributed by atoms with Crippen LogP contribution in [0.25, 0.3) is 0 Å². The number of methoxy groups -OCH3 is 4. The topological polar surface area (TPSA) is 40.2 Å². The highest BCUT2D eigenvalue weighted by Crippen LogP contribution is 2.16. The van der Waals surface area contributed by atoms with Crippen molar-refractivity contribution in [3.05, 3.63) is 0 Å². The number of hydrogen-bond acceptors (Lipinski definition) is 5. The van der Waals surface area contributed by atoms with E-state index < -0.39 is 0 Å². The van der Waals surface area contributed by atoms with Crippen LogP contribution in [0.4, 0.5) is 0 Å². The molecule has 0 aromatic heterocycles. The van der Waals surface area contributed by atoms with Crippen LogP contribution in [-0.2, 0) is 18.9 Å². The van der Waals surface area contributed by atoms with Crippen LogP contribution in [0.2, 0.25) is 0 Å². The number of nitrogens with zero attached hydrogens (tertiary/aromatic N) is 1. The van der Waals surface area contributed by atoms with Gasteiger partial charge in [-0.1, -0.05) is 6.92 Å². The molecule has 2 unspecified atom stereocenters. The molecule has 2 atom stereocenters. The van der Waals surface area contributed by atoms with Gasteiger partial charge in [-0.3, -0.25) is 0 Å². The van der Waals surface area contributed by atoms with Gasteiger partial charge >= 0.3 is 0 Å². The maximum Gasteiger partial charge on any atom is 0.160 e. The van der Waals surface area contributed by atoms with Crippen LogP contribution in [-0.4, -0.2) is 90.2 Å². The van der Waals surface area contributed by atoms with Crippen LogP contribution in [0.5, 0.6) is 0 Å². The summed E-state index contributed by atoms with van der Waals surface area (Å²) in [7, 11) is 8.59. The monoisotopic (exact) mass is 341 g/mol. The van der Waals surface area contributed by atoms with Crippen molar-refractivity contribution in [2.75, 3.05) is 72.7 Å². The molecule has 0 aliphatic carbocycles. The third-order valence-electron chi connectivity index (χ3n) is 3.33. The molecular formula is C14H33NO4P2. The molecule has 0 fully saturated rings. The average molecular weight is 341 g/mol. The Morgan fingerprint density at radius 3 is 1.43 bits per heavy atom. The molecule has 128 valence electrons. The second-order valence-electron chi connectivity index (χ2n) is 4.64. The summed E-state index contributed by atoms with van der Waals surface area (Å²) in [4.78, 5) is 2.52. The van der Waals surface area contributed by atoms with Crippen LogP contribution < -0.4 is 0 Å². The minimum atomic E-state index is -0.0417. The molecule has 0 rings (SSSR count). The third kappa shape index (κ3) is 11.8. The summed E-state index contributed by atoms with van der Waals surface area (Å²) in [6, 6.07) is 0. The molecule has 0 aromatic rings. The summed E-state index contributed by atoms with van der Waals surface area (Å²) in [5.41, 5.74) is 0. The third-order valence-corrected chi connectivity index (χ3v) is 5.73. The molecule has 0 saturated heterocycles. The predicted molar refractivity (Wildman–Crippen MR) is 93.8 cm³/mol. The maximum absolute atomic E-state index is 5.20. The Morgan fingerprint density at radius 1 is 0.762 bits per heavy atom. The Labute approximate surface area is 134 Å². The van der Waals surface area contributed by atoms with Gasteiger partial charge in [0.15, 0.2) is 12.6 Å². The number of ether oxygens (including phenoxy) is 4. The van der Waals surface area contributed by atoms with Gasteiger partial charge in [0.05, 0.1) is 0 Å². The molecule has 7 heteroatoms. The Bertz CT molecular complexity index is 197. The first-order valence-corrected chi connectivity index (χ1v) is 10.3. The van der Waals surface area contributed by atoms with E-state index in [9.17, 15) is 0 Å². The molecule has 0 spiro atoms. The second-order valence-corrected chi connectivity index (χ2v) is 7.46. The fourth-order valence-corrected chi connectivity index (χ4v) is 4.36. The summed E-state index contributed by atoms with van der Waals surface area (Å²) in [5.74, 6) is 0. The van der Waals surface area contributed by atoms with E-state index >= 15 is 0 Å². The predicted octanol–water partition coefficient (Wildman–Crippen LogP) is 1.90. The molecule has 5 nitrogen and oxygen atoms in total. The van der Waals surface area contributed by atoms with Crippen LogP contribution in [0, 0.1) is 0 Å². The van der Waals surface area contributed by atoms with E-state index in [1.54, 1.807) is 28.4 Å². The van der Waals surface area contributed by atoms with Gasteiger partial charge in [-0.2, -0.15) is 0 Å². The van der Waals surface area contributed by atoms with Crippen LogP contribution >= 0.6 is 17.2 Å². The first-order chi connectivity index (χ1) is 10.2. The molecule has 0 heterocycles. The molecule has 0 amide bonds. The molecule has 0 aliphatic heterocycles. The van der Waals surface area contributed by atoms with Crippen LogP contribution in [0.3, 0.4) is 0 Å². The van der Waals surface area contributed by atoms with Crippen molar-refractivity contribution >= 4 is 17.2 Å². The average Bonchev–Trinajstić information content (AvgIpc) is 2.53. The van der Waals surface area contributed by atoms with Crippen molar-refractivity contribution in [1.82, 2.24) is 4.90 Å². The zero-order valence-corrected chi connectivity index (χ0v) is 16.2. The zero-order chi connectivity index (χ0) is 15.9. The van der Waals surface area contributed by atoms with E-state index in [1.807, 2.05) is 0 Å². The standard InChI is InChI=1S/C14H33NO4P2/c1-6-15(7-9-20-11-13(16-2)17-3)8-10-21-12-14(18-4)19-5/h13-14,20-21H,6-12H2,1-5H3. The zero-order valence-electron chi connectivity index (χ0n) is 14.2. The van der Waals surface area contributed by atoms with Gasteiger partial charge in [0.25, 0.3) is 0 Å². The summed E-state index contributed by atoms with van der Waals surface area (Å²) in [6.45, 7) is 5.67. The number of rotatable bonds is 15. The fraction of sp³-hybridized carbons (Fsp3) is 1.00. The van der Waals surface area contributed by atoms with Crippen LogP contribution in [0.15, 0.2) is 0 Å². The van der Waals surface area contributed by atoms with Gasteiger partial charge in [-0.15, -0.1) is 17.2 Å². The molecule has 0 aliphatic rings. The molecule has 0 bridgehead atoms. The van der Waals surface area contributed by atoms with Gasteiger partial charge in [0.2, 0.25) is 0 Å². The van der Waals surface area contributed by atoms with Crippen molar-refractivity contribution in [3.63, 3.8) is 0 Å². The Hall–Kier alpha value is 0.660. The summed E-state index contributed by atoms with van der Waals surface area (Å²) in [5, 5.41) is 0. The Kier molecular flexibility index (Phi) is 16.0.